The molecule has 1 aromatic carbocycles. The maximum atomic E-state index is 12.8. The first-order valence-corrected chi connectivity index (χ1v) is 11.2. The van der Waals surface area contributed by atoms with E-state index in [1.807, 2.05) is 35.7 Å². The van der Waals surface area contributed by atoms with Gasteiger partial charge in [-0.05, 0) is 48.5 Å². The fraction of sp³-hybridized carbons (Fsp3) is 0.105. The normalized spacial score (nSPS) is 11.4. The Morgan fingerprint density at radius 2 is 2.00 bits per heavy atom. The zero-order valence-electron chi connectivity index (χ0n) is 15.1. The molecule has 0 fully saturated rings. The summed E-state index contributed by atoms with van der Waals surface area (Å²) in [6.07, 6.45) is 0. The first-order chi connectivity index (χ1) is 14.1. The first kappa shape index (κ1) is 18.3. The molecule has 0 bridgehead atoms. The molecule has 0 unspecified atom stereocenters. The van der Waals surface area contributed by atoms with Crippen LogP contribution in [0.15, 0.2) is 51.0 Å². The van der Waals surface area contributed by atoms with E-state index < -0.39 is 0 Å². The number of aromatic nitrogens is 6. The lowest BCUT2D eigenvalue weighted by molar-refractivity contribution is 0.555. The summed E-state index contributed by atoms with van der Waals surface area (Å²) in [6.45, 7) is 2.29. The predicted octanol–water partition coefficient (Wildman–Crippen LogP) is 4.49. The van der Waals surface area contributed by atoms with Gasteiger partial charge in [0.05, 0.1) is 5.39 Å². The Labute approximate surface area is 181 Å². The molecule has 0 amide bonds. The molecule has 0 spiro atoms. The van der Waals surface area contributed by atoms with Gasteiger partial charge in [0.1, 0.15) is 17.2 Å². The van der Waals surface area contributed by atoms with Crippen molar-refractivity contribution < 1.29 is 0 Å². The molecule has 0 aliphatic heterocycles. The van der Waals surface area contributed by atoms with Gasteiger partial charge in [0.2, 0.25) is 5.82 Å². The molecular formula is C19H13BrN6OS2. The number of aryl methyl sites for hydroxylation is 1. The maximum Gasteiger partial charge on any atom is 0.260 e. The van der Waals surface area contributed by atoms with Gasteiger partial charge in [0, 0.05) is 30.7 Å². The summed E-state index contributed by atoms with van der Waals surface area (Å²) in [5.41, 5.74) is 1.64. The van der Waals surface area contributed by atoms with Gasteiger partial charge in [-0.25, -0.2) is 4.98 Å². The number of halogens is 1. The highest BCUT2D eigenvalue weighted by Crippen LogP contribution is 2.34. The highest BCUT2D eigenvalue weighted by Gasteiger charge is 2.15. The second-order valence-electron chi connectivity index (χ2n) is 6.40. The fourth-order valence-corrected chi connectivity index (χ4v) is 5.17. The molecule has 0 saturated carbocycles. The number of H-pyrrole nitrogens is 1. The molecule has 4 heterocycles. The molecule has 0 atom stereocenters. The quantitative estimate of drug-likeness (QED) is 0.405. The van der Waals surface area contributed by atoms with Crippen LogP contribution in [0.2, 0.25) is 0 Å². The summed E-state index contributed by atoms with van der Waals surface area (Å²) in [5, 5.41) is 15.2. The number of tetrazole rings is 1. The third kappa shape index (κ3) is 3.54. The highest BCUT2D eigenvalue weighted by atomic mass is 79.9. The van der Waals surface area contributed by atoms with Crippen LogP contribution in [0.3, 0.4) is 0 Å². The molecule has 0 aliphatic rings. The van der Waals surface area contributed by atoms with Crippen LogP contribution >= 0.6 is 38.6 Å². The minimum absolute atomic E-state index is 0.152. The third-order valence-electron chi connectivity index (χ3n) is 4.35. The van der Waals surface area contributed by atoms with E-state index >= 15 is 0 Å². The molecule has 29 heavy (non-hydrogen) atoms. The largest absolute Gasteiger partial charge is 0.308 e. The van der Waals surface area contributed by atoms with E-state index in [0.717, 1.165) is 20.5 Å². The number of aromatic amines is 1. The Balaban J connectivity index is 1.46. The van der Waals surface area contributed by atoms with Gasteiger partial charge in [-0.2, -0.15) is 4.80 Å². The average molecular weight is 485 g/mol. The summed E-state index contributed by atoms with van der Waals surface area (Å²) in [7, 11) is 0. The Hall–Kier alpha value is -2.69. The lowest BCUT2D eigenvalue weighted by atomic mass is 10.2. The number of thiophene rings is 2. The van der Waals surface area contributed by atoms with Crippen LogP contribution in [0, 0.1) is 6.92 Å². The van der Waals surface area contributed by atoms with Crippen LogP contribution in [-0.2, 0) is 6.54 Å². The van der Waals surface area contributed by atoms with Crippen molar-refractivity contribution in [2.45, 2.75) is 13.5 Å². The Morgan fingerprint density at radius 3 is 2.76 bits per heavy atom. The molecule has 0 aliphatic carbocycles. The minimum atomic E-state index is -0.152. The van der Waals surface area contributed by atoms with E-state index in [2.05, 4.69) is 54.3 Å². The van der Waals surface area contributed by atoms with Gasteiger partial charge in [-0.15, -0.1) is 32.9 Å². The lowest BCUT2D eigenvalue weighted by Gasteiger charge is -2.00. The smallest absolute Gasteiger partial charge is 0.260 e. The Bertz CT molecular complexity index is 1380. The highest BCUT2D eigenvalue weighted by molar-refractivity contribution is 9.10. The van der Waals surface area contributed by atoms with Crippen molar-refractivity contribution in [3.63, 3.8) is 0 Å². The molecule has 0 radical (unpaired) electrons. The lowest BCUT2D eigenvalue weighted by Crippen LogP contribution is -2.15. The van der Waals surface area contributed by atoms with Crippen molar-refractivity contribution >= 4 is 48.8 Å². The standard InChI is InChI=1S/C19H13BrN6OS2/c1-10-2-7-14(29-10)13-9-28-19-16(13)18(27)21-15(22-19)8-26-24-17(23-25-26)11-3-5-12(20)6-4-11/h2-7,9H,8H2,1H3,(H,21,22,27). The number of rotatable bonds is 4. The van der Waals surface area contributed by atoms with Crippen LogP contribution in [0.5, 0.6) is 0 Å². The van der Waals surface area contributed by atoms with Crippen LogP contribution in [0.25, 0.3) is 32.0 Å². The van der Waals surface area contributed by atoms with Crippen LogP contribution in [0.1, 0.15) is 10.7 Å². The zero-order chi connectivity index (χ0) is 20.0. The molecule has 5 rings (SSSR count). The van der Waals surface area contributed by atoms with Crippen molar-refractivity contribution in [2.24, 2.45) is 0 Å². The molecule has 1 N–H and O–H groups in total. The van der Waals surface area contributed by atoms with E-state index in [1.54, 1.807) is 11.3 Å². The van der Waals surface area contributed by atoms with E-state index in [0.29, 0.717) is 21.9 Å². The summed E-state index contributed by atoms with van der Waals surface area (Å²) in [4.78, 5) is 24.7. The van der Waals surface area contributed by atoms with Gasteiger partial charge >= 0.3 is 0 Å². The van der Waals surface area contributed by atoms with Crippen molar-refractivity contribution in [3.05, 3.63) is 67.3 Å². The second kappa shape index (κ2) is 7.29. The molecule has 10 heteroatoms. The van der Waals surface area contributed by atoms with Gasteiger partial charge in [-0.3, -0.25) is 4.79 Å². The van der Waals surface area contributed by atoms with Gasteiger partial charge in [-0.1, -0.05) is 15.9 Å². The Morgan fingerprint density at radius 1 is 1.17 bits per heavy atom. The zero-order valence-corrected chi connectivity index (χ0v) is 18.3. The molecule has 144 valence electrons. The molecule has 5 aromatic rings. The van der Waals surface area contributed by atoms with Crippen molar-refractivity contribution in [1.82, 2.24) is 30.2 Å². The van der Waals surface area contributed by atoms with Crippen molar-refractivity contribution in [3.8, 4) is 21.8 Å². The summed E-state index contributed by atoms with van der Waals surface area (Å²) < 4.78 is 0.983. The number of fused-ring (bicyclic) bond motifs is 1. The van der Waals surface area contributed by atoms with Gasteiger partial charge < -0.3 is 4.98 Å². The van der Waals surface area contributed by atoms with E-state index in [9.17, 15) is 4.79 Å². The second-order valence-corrected chi connectivity index (χ2v) is 9.46. The van der Waals surface area contributed by atoms with Crippen LogP contribution in [0.4, 0.5) is 0 Å². The summed E-state index contributed by atoms with van der Waals surface area (Å²) in [5.74, 6) is 1.02. The minimum Gasteiger partial charge on any atom is -0.308 e. The third-order valence-corrected chi connectivity index (χ3v) is 6.78. The van der Waals surface area contributed by atoms with E-state index in [4.69, 9.17) is 0 Å². The van der Waals surface area contributed by atoms with Gasteiger partial charge in [0.25, 0.3) is 5.56 Å². The molecule has 7 nitrogen and oxygen atoms in total. The number of nitrogens with zero attached hydrogens (tertiary/aromatic N) is 5. The number of nitrogens with one attached hydrogen (secondary N) is 1. The number of hydrogen-bond donors (Lipinski definition) is 1. The Kier molecular flexibility index (Phi) is 4.61. The molecule has 4 aromatic heterocycles. The van der Waals surface area contributed by atoms with E-state index in [1.165, 1.54) is 21.0 Å². The van der Waals surface area contributed by atoms with Crippen LogP contribution < -0.4 is 5.56 Å². The van der Waals surface area contributed by atoms with Crippen LogP contribution in [-0.4, -0.2) is 30.2 Å². The molecular weight excluding hydrogens is 472 g/mol. The average Bonchev–Trinajstić information content (AvgIpc) is 3.42. The monoisotopic (exact) mass is 484 g/mol. The van der Waals surface area contributed by atoms with Crippen molar-refractivity contribution in [2.75, 3.05) is 0 Å². The van der Waals surface area contributed by atoms with E-state index in [-0.39, 0.29) is 12.1 Å². The maximum absolute atomic E-state index is 12.8. The predicted molar refractivity (Wildman–Crippen MR) is 118 cm³/mol. The summed E-state index contributed by atoms with van der Waals surface area (Å²) in [6, 6.07) is 11.8. The molecule has 0 saturated heterocycles. The number of hydrogen-bond acceptors (Lipinski definition) is 7. The van der Waals surface area contributed by atoms with Gasteiger partial charge in [0.15, 0.2) is 0 Å². The number of benzene rings is 1. The fourth-order valence-electron chi connectivity index (χ4n) is 2.99. The van der Waals surface area contributed by atoms with Crippen molar-refractivity contribution in [1.29, 1.82) is 0 Å². The first-order valence-electron chi connectivity index (χ1n) is 8.68. The summed E-state index contributed by atoms with van der Waals surface area (Å²) >= 11 is 6.54. The SMILES string of the molecule is Cc1ccc(-c2csc3nc(Cn4nnc(-c5ccc(Br)cc5)n4)[nH]c(=O)c23)s1. The topological polar surface area (TPSA) is 89.3 Å².